The largest absolute Gasteiger partial charge is 0.218 e. The molecule has 2 aliphatic rings. The molecule has 2 unspecified atom stereocenters. The summed E-state index contributed by atoms with van der Waals surface area (Å²) in [4.78, 5) is 0.811. The molecule has 2 atom stereocenters. The van der Waals surface area contributed by atoms with Crippen molar-refractivity contribution < 1.29 is 8.42 Å². The number of hydrogen-bond donors (Lipinski definition) is 0. The predicted octanol–water partition coefficient (Wildman–Crippen LogP) is 10.5. The molecule has 5 rings (SSSR count). The third-order valence-electron chi connectivity index (χ3n) is 9.45. The van der Waals surface area contributed by atoms with E-state index in [1.807, 2.05) is 12.1 Å². The second-order valence-corrected chi connectivity index (χ2v) is 14.6. The summed E-state index contributed by atoms with van der Waals surface area (Å²) in [7, 11) is -3.59. The maximum atomic E-state index is 13.7. The van der Waals surface area contributed by atoms with Crippen LogP contribution in [0.25, 0.3) is 22.3 Å². The molecule has 0 amide bonds. The van der Waals surface area contributed by atoms with Gasteiger partial charge >= 0.3 is 0 Å². The lowest BCUT2D eigenvalue weighted by Gasteiger charge is -2.39. The summed E-state index contributed by atoms with van der Waals surface area (Å²) in [5.41, 5.74) is 6.54. The summed E-state index contributed by atoms with van der Waals surface area (Å²) in [5, 5.41) is 0. The summed E-state index contributed by atoms with van der Waals surface area (Å²) in [6.45, 7) is 9.28. The lowest BCUT2D eigenvalue weighted by atomic mass is 9.65. The van der Waals surface area contributed by atoms with Gasteiger partial charge in [-0.1, -0.05) is 119 Å². The van der Waals surface area contributed by atoms with Gasteiger partial charge in [-0.05, 0) is 77.3 Å². The molecule has 2 nitrogen and oxygen atoms in total. The topological polar surface area (TPSA) is 34.1 Å². The van der Waals surface area contributed by atoms with E-state index in [0.29, 0.717) is 21.6 Å². The Kier molecular flexibility index (Phi) is 8.46. The van der Waals surface area contributed by atoms with Crippen LogP contribution in [0.3, 0.4) is 0 Å². The first kappa shape index (κ1) is 28.6. The van der Waals surface area contributed by atoms with E-state index in [1.54, 1.807) is 6.07 Å². The first-order valence-electron chi connectivity index (χ1n) is 15.1. The fraction of sp³-hybridized carbons (Fsp3) is 0.486. The molecule has 1 heterocycles. The number of hydrogen-bond acceptors (Lipinski definition) is 2. The molecular weight excluding hydrogens is 564 g/mol. The zero-order valence-corrected chi connectivity index (χ0v) is 26.3. The Balaban J connectivity index is 1.75. The fourth-order valence-corrected chi connectivity index (χ4v) is 9.46. The minimum absolute atomic E-state index is 0.105. The summed E-state index contributed by atoms with van der Waals surface area (Å²) < 4.78 is 28.2. The molecule has 0 fully saturated rings. The van der Waals surface area contributed by atoms with E-state index in [-0.39, 0.29) is 5.41 Å². The molecule has 0 spiro atoms. The lowest BCUT2D eigenvalue weighted by molar-refractivity contribution is 0.266. The Hall–Kier alpha value is -1.91. The third-order valence-corrected chi connectivity index (χ3v) is 11.7. The van der Waals surface area contributed by atoms with Crippen molar-refractivity contribution in [1.82, 2.24) is 0 Å². The van der Waals surface area contributed by atoms with Gasteiger partial charge in [0.05, 0.1) is 9.79 Å². The van der Waals surface area contributed by atoms with Crippen LogP contribution >= 0.6 is 15.9 Å². The van der Waals surface area contributed by atoms with Crippen LogP contribution in [0.5, 0.6) is 0 Å². The predicted molar refractivity (Wildman–Crippen MR) is 166 cm³/mol. The molecule has 207 valence electrons. The summed E-state index contributed by atoms with van der Waals surface area (Å²) >= 11 is 3.47. The smallest absolute Gasteiger partial charge is 0.207 e. The van der Waals surface area contributed by atoms with Crippen molar-refractivity contribution in [2.75, 3.05) is 0 Å². The number of halogens is 1. The molecule has 3 aromatic rings. The maximum Gasteiger partial charge on any atom is 0.207 e. The van der Waals surface area contributed by atoms with Crippen molar-refractivity contribution in [3.05, 3.63) is 70.2 Å². The number of benzene rings is 3. The van der Waals surface area contributed by atoms with Gasteiger partial charge in [0.25, 0.3) is 0 Å². The SMILES string of the molecule is CCCCC(CC)CC1(CC(CC)CCCC)c2ccccc2-c2cc3c(cc21)-c1[c]cc(Br)cc1S3(=O)=O. The van der Waals surface area contributed by atoms with Gasteiger partial charge < -0.3 is 0 Å². The number of sulfone groups is 1. The molecule has 0 bridgehead atoms. The molecule has 1 aliphatic heterocycles. The van der Waals surface area contributed by atoms with Crippen LogP contribution < -0.4 is 0 Å². The van der Waals surface area contributed by atoms with Gasteiger partial charge in [0, 0.05) is 21.0 Å². The van der Waals surface area contributed by atoms with Crippen molar-refractivity contribution in [2.45, 2.75) is 107 Å². The van der Waals surface area contributed by atoms with Crippen molar-refractivity contribution in [1.29, 1.82) is 0 Å². The zero-order chi connectivity index (χ0) is 27.8. The third kappa shape index (κ3) is 4.95. The molecular formula is C35H42BrO2S. The Labute approximate surface area is 244 Å². The highest BCUT2D eigenvalue weighted by atomic mass is 79.9. The van der Waals surface area contributed by atoms with Gasteiger partial charge in [-0.15, -0.1) is 0 Å². The second-order valence-electron chi connectivity index (χ2n) is 11.8. The molecule has 0 saturated heterocycles. The van der Waals surface area contributed by atoms with Gasteiger partial charge in [-0.25, -0.2) is 8.42 Å². The van der Waals surface area contributed by atoms with Gasteiger partial charge in [0.15, 0.2) is 0 Å². The Morgan fingerprint density at radius 3 is 2.05 bits per heavy atom. The first-order chi connectivity index (χ1) is 18.8. The van der Waals surface area contributed by atoms with Gasteiger partial charge in [0.2, 0.25) is 9.84 Å². The average Bonchev–Trinajstić information content (AvgIpc) is 3.33. The quantitative estimate of drug-likeness (QED) is 0.161. The minimum Gasteiger partial charge on any atom is -0.218 e. The Bertz CT molecular complexity index is 1440. The molecule has 0 N–H and O–H groups in total. The number of fused-ring (bicyclic) bond motifs is 6. The molecule has 3 aromatic carbocycles. The van der Waals surface area contributed by atoms with Crippen LogP contribution in [0.15, 0.2) is 62.8 Å². The van der Waals surface area contributed by atoms with E-state index in [0.717, 1.165) is 34.0 Å². The summed E-state index contributed by atoms with van der Waals surface area (Å²) in [5.74, 6) is 1.28. The van der Waals surface area contributed by atoms with Crippen LogP contribution in [0.4, 0.5) is 0 Å². The van der Waals surface area contributed by atoms with Crippen molar-refractivity contribution in [2.24, 2.45) is 11.8 Å². The molecule has 39 heavy (non-hydrogen) atoms. The van der Waals surface area contributed by atoms with Gasteiger partial charge in [-0.3, -0.25) is 0 Å². The van der Waals surface area contributed by atoms with E-state index in [9.17, 15) is 8.42 Å². The molecule has 0 aromatic heterocycles. The standard InChI is InChI=1S/C35H42BrO2S/c1-5-9-13-24(7-3)22-35(23-25(8-4)14-10-6-2)31-16-12-11-15-27(31)29-21-34-30(20-32(29)35)28-18-17-26(36)19-33(28)39(34,37)38/h11-12,15-17,19-21,24-25H,5-10,13-14,22-23H2,1-4H3. The first-order valence-corrected chi connectivity index (χ1v) is 17.3. The van der Waals surface area contributed by atoms with Gasteiger partial charge in [-0.2, -0.15) is 0 Å². The van der Waals surface area contributed by atoms with Crippen molar-refractivity contribution in [3.63, 3.8) is 0 Å². The molecule has 1 aliphatic carbocycles. The van der Waals surface area contributed by atoms with E-state index in [4.69, 9.17) is 0 Å². The fourth-order valence-electron chi connectivity index (χ4n) is 7.28. The van der Waals surface area contributed by atoms with E-state index < -0.39 is 9.84 Å². The van der Waals surface area contributed by atoms with E-state index in [1.165, 1.54) is 68.1 Å². The number of unbranched alkanes of at least 4 members (excludes halogenated alkanes) is 2. The molecule has 4 heteroatoms. The highest BCUT2D eigenvalue weighted by Gasteiger charge is 2.47. The molecule has 1 radical (unpaired) electrons. The Morgan fingerprint density at radius 2 is 1.44 bits per heavy atom. The monoisotopic (exact) mass is 605 g/mol. The maximum absolute atomic E-state index is 13.7. The van der Waals surface area contributed by atoms with E-state index in [2.05, 4.69) is 80.0 Å². The van der Waals surface area contributed by atoms with Crippen molar-refractivity contribution in [3.8, 4) is 22.3 Å². The van der Waals surface area contributed by atoms with Crippen LogP contribution in [0.1, 0.15) is 103 Å². The molecule has 0 saturated carbocycles. The zero-order valence-electron chi connectivity index (χ0n) is 23.9. The van der Waals surface area contributed by atoms with Crippen LogP contribution in [-0.2, 0) is 15.3 Å². The summed E-state index contributed by atoms with van der Waals surface area (Å²) in [6.07, 6.45) is 12.1. The van der Waals surface area contributed by atoms with Gasteiger partial charge in [0.1, 0.15) is 0 Å². The van der Waals surface area contributed by atoms with E-state index >= 15 is 0 Å². The summed E-state index contributed by atoms with van der Waals surface area (Å²) in [6, 6.07) is 20.0. The average molecular weight is 607 g/mol. The Morgan fingerprint density at radius 1 is 0.795 bits per heavy atom. The van der Waals surface area contributed by atoms with Crippen LogP contribution in [0, 0.1) is 17.9 Å². The highest BCUT2D eigenvalue weighted by molar-refractivity contribution is 9.10. The van der Waals surface area contributed by atoms with Crippen LogP contribution in [-0.4, -0.2) is 8.42 Å². The highest BCUT2D eigenvalue weighted by Crippen LogP contribution is 2.59. The normalized spacial score (nSPS) is 19.7. The van der Waals surface area contributed by atoms with Crippen LogP contribution in [0.2, 0.25) is 0 Å². The number of rotatable bonds is 12. The van der Waals surface area contributed by atoms with Crippen molar-refractivity contribution >= 4 is 25.8 Å². The lowest BCUT2D eigenvalue weighted by Crippen LogP contribution is -2.31. The second kappa shape index (κ2) is 11.5. The minimum atomic E-state index is -3.59.